The van der Waals surface area contributed by atoms with Crippen LogP contribution in [0.2, 0.25) is 0 Å². The Hall–Kier alpha value is -1.42. The third kappa shape index (κ3) is 5.29. The number of rotatable bonds is 6. The first kappa shape index (κ1) is 16.6. The molecule has 0 saturated carbocycles. The first-order chi connectivity index (χ1) is 9.58. The Kier molecular flexibility index (Phi) is 7.23. The minimum atomic E-state index is -0.0228. The van der Waals surface area contributed by atoms with E-state index < -0.39 is 0 Å². The molecule has 1 rings (SSSR count). The molecule has 110 valence electrons. The van der Waals surface area contributed by atoms with Crippen LogP contribution in [0.4, 0.5) is 5.69 Å². The summed E-state index contributed by atoms with van der Waals surface area (Å²) in [6, 6.07) is 8.08. The molecule has 0 radical (unpaired) electrons. The number of anilines is 1. The van der Waals surface area contributed by atoms with Gasteiger partial charge in [-0.3, -0.25) is 4.79 Å². The number of hydrogen-bond donors (Lipinski definition) is 2. The van der Waals surface area contributed by atoms with Crippen LogP contribution in [0.1, 0.15) is 57.9 Å². The summed E-state index contributed by atoms with van der Waals surface area (Å²) in [6.07, 6.45) is 3.47. The number of benzene rings is 1. The minimum absolute atomic E-state index is 0.0228. The van der Waals surface area contributed by atoms with Gasteiger partial charge in [0.2, 0.25) is 5.91 Å². The fraction of sp³-hybridized carbons (Fsp3) is 0.500. The molecule has 0 bridgehead atoms. The van der Waals surface area contributed by atoms with E-state index in [4.69, 9.17) is 12.2 Å². The van der Waals surface area contributed by atoms with Gasteiger partial charge < -0.3 is 10.6 Å². The molecule has 1 aromatic carbocycles. The number of carbonyl (C=O) groups excluding carboxylic acids is 1. The molecule has 0 aliphatic carbocycles. The fourth-order valence-electron chi connectivity index (χ4n) is 1.94. The molecule has 0 unspecified atom stereocenters. The fourth-order valence-corrected chi connectivity index (χ4v) is 2.16. The van der Waals surface area contributed by atoms with Crippen molar-refractivity contribution < 1.29 is 4.79 Å². The number of amides is 1. The Balaban J connectivity index is 2.64. The maximum absolute atomic E-state index is 11.6. The zero-order valence-electron chi connectivity index (χ0n) is 12.5. The van der Waals surface area contributed by atoms with Gasteiger partial charge in [0, 0.05) is 12.1 Å². The van der Waals surface area contributed by atoms with Crippen LogP contribution in [-0.2, 0) is 4.79 Å². The Bertz CT molecular complexity index is 460. The van der Waals surface area contributed by atoms with E-state index >= 15 is 0 Å². The summed E-state index contributed by atoms with van der Waals surface area (Å²) in [5, 5.41) is 6.24. The van der Waals surface area contributed by atoms with Gasteiger partial charge >= 0.3 is 0 Å². The van der Waals surface area contributed by atoms with E-state index in [0.717, 1.165) is 24.9 Å². The largest absolute Gasteiger partial charge is 0.332 e. The third-order valence-electron chi connectivity index (χ3n) is 3.36. The zero-order chi connectivity index (χ0) is 15.0. The number of thiocarbonyl (C=S) groups is 1. The van der Waals surface area contributed by atoms with Crippen molar-refractivity contribution in [2.24, 2.45) is 0 Å². The topological polar surface area (TPSA) is 41.1 Å². The highest BCUT2D eigenvalue weighted by Gasteiger charge is 2.10. The van der Waals surface area contributed by atoms with E-state index in [2.05, 4.69) is 37.5 Å². The van der Waals surface area contributed by atoms with Gasteiger partial charge in [0.1, 0.15) is 0 Å². The molecule has 3 nitrogen and oxygen atoms in total. The van der Waals surface area contributed by atoms with Crippen molar-refractivity contribution in [2.45, 2.75) is 52.4 Å². The number of unbranched alkanes of at least 4 members (excludes halogenated alkanes) is 1. The van der Waals surface area contributed by atoms with Gasteiger partial charge in [-0.15, -0.1) is 0 Å². The second-order valence-corrected chi connectivity index (χ2v) is 5.41. The summed E-state index contributed by atoms with van der Waals surface area (Å²) >= 11 is 5.20. The van der Waals surface area contributed by atoms with Crippen molar-refractivity contribution in [1.82, 2.24) is 5.32 Å². The second kappa shape index (κ2) is 8.69. The van der Waals surface area contributed by atoms with Gasteiger partial charge in [-0.1, -0.05) is 45.4 Å². The Morgan fingerprint density at radius 1 is 1.30 bits per heavy atom. The molecule has 0 spiro atoms. The lowest BCUT2D eigenvalue weighted by atomic mass is 9.97. The smallest absolute Gasteiger partial charge is 0.226 e. The van der Waals surface area contributed by atoms with Crippen LogP contribution in [0.15, 0.2) is 24.3 Å². The molecule has 0 fully saturated rings. The molecule has 1 aromatic rings. The van der Waals surface area contributed by atoms with Crippen molar-refractivity contribution in [2.75, 3.05) is 5.32 Å². The van der Waals surface area contributed by atoms with E-state index in [9.17, 15) is 4.79 Å². The highest BCUT2D eigenvalue weighted by atomic mass is 32.1. The van der Waals surface area contributed by atoms with Gasteiger partial charge in [0.25, 0.3) is 0 Å². The molecule has 1 amide bonds. The Morgan fingerprint density at radius 2 is 2.00 bits per heavy atom. The van der Waals surface area contributed by atoms with Crippen molar-refractivity contribution in [3.63, 3.8) is 0 Å². The predicted octanol–water partition coefficient (Wildman–Crippen LogP) is 4.20. The zero-order valence-corrected chi connectivity index (χ0v) is 13.3. The molecule has 4 heteroatoms. The highest BCUT2D eigenvalue weighted by molar-refractivity contribution is 7.80. The van der Waals surface area contributed by atoms with Gasteiger partial charge in [0.05, 0.1) is 0 Å². The van der Waals surface area contributed by atoms with Crippen molar-refractivity contribution in [3.05, 3.63) is 29.8 Å². The predicted molar refractivity (Wildman–Crippen MR) is 89.0 cm³/mol. The van der Waals surface area contributed by atoms with Gasteiger partial charge in [-0.05, 0) is 42.6 Å². The summed E-state index contributed by atoms with van der Waals surface area (Å²) in [6.45, 7) is 6.40. The molecule has 0 heterocycles. The highest BCUT2D eigenvalue weighted by Crippen LogP contribution is 2.26. The quantitative estimate of drug-likeness (QED) is 0.772. The van der Waals surface area contributed by atoms with Gasteiger partial charge in [-0.25, -0.2) is 0 Å². The number of hydrogen-bond acceptors (Lipinski definition) is 2. The molecular formula is C16H24N2OS. The molecule has 0 saturated heterocycles. The maximum atomic E-state index is 11.6. The van der Waals surface area contributed by atoms with Gasteiger partial charge in [-0.2, -0.15) is 0 Å². The Morgan fingerprint density at radius 3 is 2.65 bits per heavy atom. The van der Waals surface area contributed by atoms with E-state index in [-0.39, 0.29) is 5.91 Å². The average molecular weight is 292 g/mol. The van der Waals surface area contributed by atoms with E-state index in [0.29, 0.717) is 17.5 Å². The molecular weight excluding hydrogens is 268 g/mol. The molecule has 0 aromatic heterocycles. The number of carbonyl (C=O) groups is 1. The molecule has 0 aliphatic rings. The lowest BCUT2D eigenvalue weighted by Crippen LogP contribution is -2.34. The lowest BCUT2D eigenvalue weighted by Gasteiger charge is -2.17. The van der Waals surface area contributed by atoms with Crippen LogP contribution >= 0.6 is 12.2 Å². The number of nitrogens with one attached hydrogen (secondary N) is 2. The average Bonchev–Trinajstić information content (AvgIpc) is 2.44. The summed E-state index contributed by atoms with van der Waals surface area (Å²) in [5.41, 5.74) is 2.20. The third-order valence-corrected chi connectivity index (χ3v) is 3.57. The minimum Gasteiger partial charge on any atom is -0.332 e. The normalized spacial score (nSPS) is 11.8. The van der Waals surface area contributed by atoms with Crippen LogP contribution in [0.5, 0.6) is 0 Å². The van der Waals surface area contributed by atoms with Crippen LogP contribution in [0.25, 0.3) is 0 Å². The first-order valence-corrected chi connectivity index (χ1v) is 7.69. The van der Waals surface area contributed by atoms with Crippen molar-refractivity contribution >= 4 is 28.9 Å². The second-order valence-electron chi connectivity index (χ2n) is 5.00. The maximum Gasteiger partial charge on any atom is 0.226 e. The standard InChI is InChI=1S/C16H24N2OS/c1-4-6-11-15(19)18-16(20)17-14-10-8-7-9-13(14)12(3)5-2/h7-10,12H,4-6,11H2,1-3H3,(H2,17,18,19,20)/t12-/m1/s1. The van der Waals surface area contributed by atoms with E-state index in [1.165, 1.54) is 5.56 Å². The van der Waals surface area contributed by atoms with Crippen LogP contribution in [0.3, 0.4) is 0 Å². The van der Waals surface area contributed by atoms with Crippen molar-refractivity contribution in [3.8, 4) is 0 Å². The molecule has 0 aliphatic heterocycles. The summed E-state index contributed by atoms with van der Waals surface area (Å²) < 4.78 is 0. The summed E-state index contributed by atoms with van der Waals surface area (Å²) in [5.74, 6) is 0.433. The number of para-hydroxylation sites is 1. The van der Waals surface area contributed by atoms with Crippen LogP contribution in [0, 0.1) is 0 Å². The van der Waals surface area contributed by atoms with Crippen LogP contribution in [-0.4, -0.2) is 11.0 Å². The van der Waals surface area contributed by atoms with E-state index in [1.807, 2.05) is 18.2 Å². The van der Waals surface area contributed by atoms with Crippen molar-refractivity contribution in [1.29, 1.82) is 0 Å². The van der Waals surface area contributed by atoms with Gasteiger partial charge in [0.15, 0.2) is 5.11 Å². The molecule has 2 N–H and O–H groups in total. The molecule has 1 atom stereocenters. The summed E-state index contributed by atoms with van der Waals surface area (Å²) in [7, 11) is 0. The summed E-state index contributed by atoms with van der Waals surface area (Å²) in [4.78, 5) is 11.6. The first-order valence-electron chi connectivity index (χ1n) is 7.28. The monoisotopic (exact) mass is 292 g/mol. The van der Waals surface area contributed by atoms with Crippen LogP contribution < -0.4 is 10.6 Å². The lowest BCUT2D eigenvalue weighted by molar-refractivity contribution is -0.119. The SMILES string of the molecule is CCCCC(=O)NC(=S)Nc1ccccc1[C@H](C)CC. The molecule has 20 heavy (non-hydrogen) atoms. The Labute approximate surface area is 127 Å². The van der Waals surface area contributed by atoms with E-state index in [1.54, 1.807) is 0 Å².